The van der Waals surface area contributed by atoms with E-state index >= 15 is 0 Å². The summed E-state index contributed by atoms with van der Waals surface area (Å²) in [5.41, 5.74) is -0.392. The van der Waals surface area contributed by atoms with Crippen LogP contribution in [0.4, 0.5) is 9.18 Å². The van der Waals surface area contributed by atoms with Gasteiger partial charge in [0.15, 0.2) is 0 Å². The summed E-state index contributed by atoms with van der Waals surface area (Å²) in [6.07, 6.45) is 12.2. The van der Waals surface area contributed by atoms with Gasteiger partial charge in [-0.25, -0.2) is 9.18 Å². The Kier molecular flexibility index (Phi) is 6.55. The van der Waals surface area contributed by atoms with Gasteiger partial charge in [0.05, 0.1) is 0 Å². The molecule has 4 heteroatoms. The maximum absolute atomic E-state index is 13.0. The smallest absolute Gasteiger partial charge is 0.427 e. The van der Waals surface area contributed by atoms with Gasteiger partial charge < -0.3 is 9.47 Å². The molecule has 0 atom stereocenters. The predicted molar refractivity (Wildman–Crippen MR) is 99.7 cm³/mol. The Labute approximate surface area is 156 Å². The number of carbonyl (C=O) groups excluding carboxylic acids is 1. The van der Waals surface area contributed by atoms with Crippen LogP contribution < -0.4 is 4.74 Å². The number of halogens is 1. The zero-order valence-electron chi connectivity index (χ0n) is 15.8. The maximum atomic E-state index is 13.0. The largest absolute Gasteiger partial charge is 0.514 e. The summed E-state index contributed by atoms with van der Waals surface area (Å²) in [4.78, 5) is 12.3. The fourth-order valence-electron chi connectivity index (χ4n) is 4.90. The maximum Gasteiger partial charge on any atom is 0.514 e. The topological polar surface area (TPSA) is 35.5 Å². The van der Waals surface area contributed by atoms with Crippen molar-refractivity contribution in [3.8, 4) is 5.75 Å². The first-order chi connectivity index (χ1) is 12.6. The van der Waals surface area contributed by atoms with Crippen LogP contribution in [0.25, 0.3) is 0 Å². The molecule has 2 fully saturated rings. The fraction of sp³-hybridized carbons (Fsp3) is 0.682. The molecule has 1 aromatic rings. The lowest BCUT2D eigenvalue weighted by atomic mass is 9.68. The first-order valence-electron chi connectivity index (χ1n) is 10.3. The summed E-state index contributed by atoms with van der Waals surface area (Å²) in [5, 5.41) is 0. The van der Waals surface area contributed by atoms with Crippen LogP contribution in [0.5, 0.6) is 5.75 Å². The molecule has 0 radical (unpaired) electrons. The standard InChI is InChI=1S/C22H31FO3/c1-2-14-22(26-21(24)25-20-10-8-19(23)9-11-20)15-12-18(13-16-22)17-6-4-3-5-7-17/h8-11,17-18H,2-7,12-16H2,1H3/t18-,22+. The van der Waals surface area contributed by atoms with Crippen molar-refractivity contribution in [2.24, 2.45) is 11.8 Å². The Morgan fingerprint density at radius 2 is 1.65 bits per heavy atom. The summed E-state index contributed by atoms with van der Waals surface area (Å²) in [7, 11) is 0. The molecule has 0 unspecified atom stereocenters. The molecule has 0 heterocycles. The Morgan fingerprint density at radius 3 is 2.27 bits per heavy atom. The van der Waals surface area contributed by atoms with Crippen LogP contribution in [0.1, 0.15) is 77.6 Å². The SMILES string of the molecule is CCC[C@]1(OC(=O)Oc2ccc(F)cc2)CC[C@@H](C2CCCCC2)CC1. The molecular weight excluding hydrogens is 331 g/mol. The Balaban J connectivity index is 1.56. The third-order valence-electron chi connectivity index (χ3n) is 6.28. The van der Waals surface area contributed by atoms with Crippen LogP contribution in [-0.2, 0) is 4.74 Å². The fourth-order valence-corrected chi connectivity index (χ4v) is 4.90. The van der Waals surface area contributed by atoms with E-state index in [1.807, 2.05) is 0 Å². The van der Waals surface area contributed by atoms with Gasteiger partial charge in [-0.05, 0) is 68.2 Å². The highest BCUT2D eigenvalue weighted by Crippen LogP contribution is 2.44. The molecule has 0 bridgehead atoms. The highest BCUT2D eigenvalue weighted by Gasteiger charge is 2.40. The van der Waals surface area contributed by atoms with Gasteiger partial charge in [0.1, 0.15) is 17.2 Å². The molecule has 0 spiro atoms. The number of rotatable bonds is 5. The van der Waals surface area contributed by atoms with Crippen molar-refractivity contribution in [3.05, 3.63) is 30.1 Å². The molecule has 2 aliphatic rings. The molecule has 0 N–H and O–H groups in total. The van der Waals surface area contributed by atoms with E-state index in [1.54, 1.807) is 0 Å². The van der Waals surface area contributed by atoms with Gasteiger partial charge in [-0.1, -0.05) is 45.4 Å². The van der Waals surface area contributed by atoms with Crippen molar-refractivity contribution in [1.82, 2.24) is 0 Å². The van der Waals surface area contributed by atoms with Gasteiger partial charge in [0, 0.05) is 0 Å². The van der Waals surface area contributed by atoms with E-state index in [9.17, 15) is 9.18 Å². The summed E-state index contributed by atoms with van der Waals surface area (Å²) in [5.74, 6) is 1.62. The molecule has 3 nitrogen and oxygen atoms in total. The predicted octanol–water partition coefficient (Wildman–Crippen LogP) is 6.65. The van der Waals surface area contributed by atoms with Gasteiger partial charge in [-0.2, -0.15) is 0 Å². The first kappa shape index (κ1) is 19.2. The van der Waals surface area contributed by atoms with Crippen molar-refractivity contribution in [2.75, 3.05) is 0 Å². The van der Waals surface area contributed by atoms with Crippen molar-refractivity contribution in [1.29, 1.82) is 0 Å². The summed E-state index contributed by atoms with van der Waals surface area (Å²) in [6.45, 7) is 2.13. The van der Waals surface area contributed by atoms with Gasteiger partial charge in [-0.15, -0.1) is 0 Å². The number of benzene rings is 1. The summed E-state index contributed by atoms with van der Waals surface area (Å²) >= 11 is 0. The molecule has 0 amide bonds. The minimum absolute atomic E-state index is 0.318. The molecule has 144 valence electrons. The molecule has 0 aliphatic heterocycles. The molecular formula is C22H31FO3. The molecule has 0 aromatic heterocycles. The number of ether oxygens (including phenoxy) is 2. The molecule has 2 saturated carbocycles. The minimum atomic E-state index is -0.666. The van der Waals surface area contributed by atoms with Crippen LogP contribution >= 0.6 is 0 Å². The second-order valence-electron chi connectivity index (χ2n) is 8.08. The van der Waals surface area contributed by atoms with Gasteiger partial charge in [0.2, 0.25) is 0 Å². The van der Waals surface area contributed by atoms with E-state index in [0.717, 1.165) is 50.4 Å². The lowest BCUT2D eigenvalue weighted by Crippen LogP contribution is -2.41. The van der Waals surface area contributed by atoms with Gasteiger partial charge in [0.25, 0.3) is 0 Å². The number of hydrogen-bond acceptors (Lipinski definition) is 3. The Morgan fingerprint density at radius 1 is 1.04 bits per heavy atom. The van der Waals surface area contributed by atoms with Gasteiger partial charge >= 0.3 is 6.16 Å². The lowest BCUT2D eigenvalue weighted by Gasteiger charge is -2.42. The van der Waals surface area contributed by atoms with E-state index in [2.05, 4.69) is 6.92 Å². The van der Waals surface area contributed by atoms with Crippen molar-refractivity contribution >= 4 is 6.16 Å². The highest BCUT2D eigenvalue weighted by molar-refractivity contribution is 5.64. The second-order valence-corrected chi connectivity index (χ2v) is 8.08. The molecule has 1 aromatic carbocycles. The molecule has 2 aliphatic carbocycles. The van der Waals surface area contributed by atoms with Crippen molar-refractivity contribution in [2.45, 2.75) is 83.2 Å². The lowest BCUT2D eigenvalue weighted by molar-refractivity contribution is -0.0575. The average Bonchev–Trinajstić information content (AvgIpc) is 2.65. The quantitative estimate of drug-likeness (QED) is 0.434. The van der Waals surface area contributed by atoms with Crippen LogP contribution in [-0.4, -0.2) is 11.8 Å². The summed E-state index contributed by atoms with van der Waals surface area (Å²) < 4.78 is 24.1. The van der Waals surface area contributed by atoms with E-state index in [4.69, 9.17) is 9.47 Å². The van der Waals surface area contributed by atoms with E-state index in [0.29, 0.717) is 5.75 Å². The van der Waals surface area contributed by atoms with Crippen LogP contribution in [0.15, 0.2) is 24.3 Å². The molecule has 0 saturated heterocycles. The first-order valence-corrected chi connectivity index (χ1v) is 10.3. The van der Waals surface area contributed by atoms with Crippen LogP contribution in [0, 0.1) is 17.7 Å². The second kappa shape index (κ2) is 8.88. The Hall–Kier alpha value is -1.58. The monoisotopic (exact) mass is 362 g/mol. The minimum Gasteiger partial charge on any atom is -0.427 e. The third kappa shape index (κ3) is 4.99. The van der Waals surface area contributed by atoms with Gasteiger partial charge in [-0.3, -0.25) is 0 Å². The zero-order valence-corrected chi connectivity index (χ0v) is 15.8. The third-order valence-corrected chi connectivity index (χ3v) is 6.28. The Bertz CT molecular complexity index is 570. The average molecular weight is 362 g/mol. The highest BCUT2D eigenvalue weighted by atomic mass is 19.1. The van der Waals surface area contributed by atoms with E-state index in [1.165, 1.54) is 56.4 Å². The zero-order chi connectivity index (χ0) is 18.4. The number of carbonyl (C=O) groups is 1. The molecule has 26 heavy (non-hydrogen) atoms. The molecule has 3 rings (SSSR count). The van der Waals surface area contributed by atoms with Crippen LogP contribution in [0.3, 0.4) is 0 Å². The normalized spacial score (nSPS) is 27.1. The van der Waals surface area contributed by atoms with Crippen molar-refractivity contribution < 1.29 is 18.7 Å². The van der Waals surface area contributed by atoms with E-state index in [-0.39, 0.29) is 5.82 Å². The summed E-state index contributed by atoms with van der Waals surface area (Å²) in [6, 6.07) is 5.45. The van der Waals surface area contributed by atoms with Crippen LogP contribution in [0.2, 0.25) is 0 Å². The van der Waals surface area contributed by atoms with Crippen molar-refractivity contribution in [3.63, 3.8) is 0 Å². The number of hydrogen-bond donors (Lipinski definition) is 0. The van der Waals surface area contributed by atoms with E-state index < -0.39 is 11.8 Å².